The fourth-order valence-corrected chi connectivity index (χ4v) is 2.43. The highest BCUT2D eigenvalue weighted by Gasteiger charge is 2.20. The first-order valence-electron chi connectivity index (χ1n) is 3.97. The Morgan fingerprint density at radius 1 is 1.33 bits per heavy atom. The largest absolute Gasteiger partial charge is 0.127 e. The second-order valence-electron chi connectivity index (χ2n) is 3.00. The van der Waals surface area contributed by atoms with Crippen LogP contribution in [0.5, 0.6) is 0 Å². The molecular weight excluding hydrogens is 282 g/mol. The summed E-state index contributed by atoms with van der Waals surface area (Å²) in [5.41, 5.74) is 1.35. The summed E-state index contributed by atoms with van der Waals surface area (Å²) in [4.78, 5) is 0. The van der Waals surface area contributed by atoms with Gasteiger partial charge in [0.05, 0.1) is 0 Å². The zero-order chi connectivity index (χ0) is 9.03. The predicted molar refractivity (Wildman–Crippen MR) is 63.2 cm³/mol. The van der Waals surface area contributed by atoms with Crippen molar-refractivity contribution >= 4 is 34.2 Å². The van der Waals surface area contributed by atoms with Crippen LogP contribution in [0.4, 0.5) is 0 Å². The van der Waals surface area contributed by atoms with E-state index in [1.807, 2.05) is 6.07 Å². The number of hydrogen-bond donors (Lipinski definition) is 0. The second kappa shape index (κ2) is 4.47. The standard InChI is InChI=1S/C10H12ClI/c1-10(12,7-8-11)9-5-3-2-4-6-9/h2-6H,7-8H2,1H3. The van der Waals surface area contributed by atoms with Gasteiger partial charge in [0.1, 0.15) is 0 Å². The molecule has 0 bridgehead atoms. The fraction of sp³-hybridized carbons (Fsp3) is 0.400. The Morgan fingerprint density at radius 3 is 2.42 bits per heavy atom. The fourth-order valence-electron chi connectivity index (χ4n) is 1.11. The Labute approximate surface area is 92.5 Å². The molecule has 0 aromatic heterocycles. The van der Waals surface area contributed by atoms with E-state index in [0.29, 0.717) is 5.88 Å². The van der Waals surface area contributed by atoms with E-state index in [1.54, 1.807) is 0 Å². The lowest BCUT2D eigenvalue weighted by atomic mass is 9.99. The molecule has 0 aliphatic heterocycles. The number of rotatable bonds is 3. The zero-order valence-electron chi connectivity index (χ0n) is 7.06. The summed E-state index contributed by atoms with van der Waals surface area (Å²) in [6, 6.07) is 10.5. The van der Waals surface area contributed by atoms with Gasteiger partial charge in [-0.2, -0.15) is 0 Å². The second-order valence-corrected chi connectivity index (χ2v) is 5.76. The van der Waals surface area contributed by atoms with Gasteiger partial charge in [-0.15, -0.1) is 11.6 Å². The minimum atomic E-state index is 0.181. The summed E-state index contributed by atoms with van der Waals surface area (Å²) in [6.07, 6.45) is 1.01. The van der Waals surface area contributed by atoms with Crippen LogP contribution in [0.15, 0.2) is 30.3 Å². The van der Waals surface area contributed by atoms with Crippen molar-refractivity contribution in [3.05, 3.63) is 35.9 Å². The summed E-state index contributed by atoms with van der Waals surface area (Å²) in [7, 11) is 0. The third kappa shape index (κ3) is 2.63. The van der Waals surface area contributed by atoms with Crippen molar-refractivity contribution < 1.29 is 0 Å². The highest BCUT2D eigenvalue weighted by molar-refractivity contribution is 14.1. The molecule has 0 N–H and O–H groups in total. The van der Waals surface area contributed by atoms with Gasteiger partial charge >= 0.3 is 0 Å². The molecule has 0 aliphatic carbocycles. The SMILES string of the molecule is CC(I)(CCCl)c1ccccc1. The van der Waals surface area contributed by atoms with Gasteiger partial charge in [-0.05, 0) is 18.9 Å². The first-order chi connectivity index (χ1) is 5.67. The van der Waals surface area contributed by atoms with Gasteiger partial charge in [-0.1, -0.05) is 52.9 Å². The molecule has 2 heteroatoms. The molecule has 0 amide bonds. The molecule has 0 spiro atoms. The van der Waals surface area contributed by atoms with Crippen LogP contribution in [0.2, 0.25) is 0 Å². The third-order valence-corrected chi connectivity index (χ3v) is 3.29. The van der Waals surface area contributed by atoms with E-state index in [4.69, 9.17) is 11.6 Å². The molecule has 0 saturated carbocycles. The average Bonchev–Trinajstić information content (AvgIpc) is 2.06. The molecule has 0 radical (unpaired) electrons. The van der Waals surface area contributed by atoms with Crippen LogP contribution in [0.1, 0.15) is 18.9 Å². The zero-order valence-corrected chi connectivity index (χ0v) is 9.97. The van der Waals surface area contributed by atoms with Crippen molar-refractivity contribution in [1.82, 2.24) is 0 Å². The highest BCUT2D eigenvalue weighted by atomic mass is 127. The lowest BCUT2D eigenvalue weighted by Gasteiger charge is -2.21. The molecule has 0 heterocycles. The number of benzene rings is 1. The number of halogens is 2. The molecule has 1 unspecified atom stereocenters. The van der Waals surface area contributed by atoms with E-state index in [9.17, 15) is 0 Å². The molecule has 1 rings (SSSR count). The van der Waals surface area contributed by atoms with E-state index >= 15 is 0 Å². The normalized spacial score (nSPS) is 15.6. The van der Waals surface area contributed by atoms with Gasteiger partial charge < -0.3 is 0 Å². The van der Waals surface area contributed by atoms with E-state index < -0.39 is 0 Å². The average molecular weight is 295 g/mol. The summed E-state index contributed by atoms with van der Waals surface area (Å²) < 4.78 is 0.181. The van der Waals surface area contributed by atoms with E-state index in [2.05, 4.69) is 53.8 Å². The molecule has 1 aromatic rings. The third-order valence-electron chi connectivity index (χ3n) is 1.94. The summed E-state index contributed by atoms with van der Waals surface area (Å²) in [6.45, 7) is 2.21. The molecule has 0 fully saturated rings. The van der Waals surface area contributed by atoms with E-state index in [-0.39, 0.29) is 3.42 Å². The van der Waals surface area contributed by atoms with Crippen LogP contribution in [-0.2, 0) is 3.42 Å². The highest BCUT2D eigenvalue weighted by Crippen LogP contribution is 2.34. The van der Waals surface area contributed by atoms with Gasteiger partial charge in [-0.3, -0.25) is 0 Å². The number of alkyl halides is 2. The van der Waals surface area contributed by atoms with Crippen LogP contribution in [-0.4, -0.2) is 5.88 Å². The van der Waals surface area contributed by atoms with Gasteiger partial charge in [0.2, 0.25) is 0 Å². The van der Waals surface area contributed by atoms with Crippen molar-refractivity contribution in [1.29, 1.82) is 0 Å². The van der Waals surface area contributed by atoms with Crippen LogP contribution in [0.3, 0.4) is 0 Å². The quantitative estimate of drug-likeness (QED) is 0.584. The topological polar surface area (TPSA) is 0 Å². The Hall–Kier alpha value is 0.240. The van der Waals surface area contributed by atoms with Gasteiger partial charge in [0.25, 0.3) is 0 Å². The van der Waals surface area contributed by atoms with Crippen LogP contribution < -0.4 is 0 Å². The first-order valence-corrected chi connectivity index (χ1v) is 5.58. The maximum atomic E-state index is 5.73. The number of hydrogen-bond acceptors (Lipinski definition) is 0. The molecular formula is C10H12ClI. The Bertz CT molecular complexity index is 231. The van der Waals surface area contributed by atoms with E-state index in [1.165, 1.54) is 5.56 Å². The predicted octanol–water partition coefficient (Wildman–Crippen LogP) is 3.97. The summed E-state index contributed by atoms with van der Waals surface area (Å²) in [5, 5.41) is 0. The van der Waals surface area contributed by atoms with Crippen molar-refractivity contribution in [2.75, 3.05) is 5.88 Å². The molecule has 12 heavy (non-hydrogen) atoms. The molecule has 0 saturated heterocycles. The lowest BCUT2D eigenvalue weighted by molar-refractivity contribution is 0.705. The van der Waals surface area contributed by atoms with Gasteiger partial charge in [-0.25, -0.2) is 0 Å². The smallest absolute Gasteiger partial charge is 0.0453 e. The first kappa shape index (κ1) is 10.3. The van der Waals surface area contributed by atoms with Crippen molar-refractivity contribution in [3.63, 3.8) is 0 Å². The van der Waals surface area contributed by atoms with Crippen LogP contribution in [0, 0.1) is 0 Å². The van der Waals surface area contributed by atoms with Crippen LogP contribution >= 0.6 is 34.2 Å². The van der Waals surface area contributed by atoms with Crippen molar-refractivity contribution in [3.8, 4) is 0 Å². The minimum Gasteiger partial charge on any atom is -0.127 e. The van der Waals surface area contributed by atoms with E-state index in [0.717, 1.165) is 6.42 Å². The van der Waals surface area contributed by atoms with Gasteiger partial charge in [0.15, 0.2) is 0 Å². The molecule has 0 aliphatic rings. The lowest BCUT2D eigenvalue weighted by Crippen LogP contribution is -2.12. The van der Waals surface area contributed by atoms with Crippen molar-refractivity contribution in [2.45, 2.75) is 16.8 Å². The molecule has 66 valence electrons. The maximum Gasteiger partial charge on any atom is 0.0453 e. The molecule has 0 nitrogen and oxygen atoms in total. The monoisotopic (exact) mass is 294 g/mol. The van der Waals surface area contributed by atoms with Crippen molar-refractivity contribution in [2.24, 2.45) is 0 Å². The van der Waals surface area contributed by atoms with Crippen LogP contribution in [0.25, 0.3) is 0 Å². The Kier molecular flexibility index (Phi) is 3.84. The maximum absolute atomic E-state index is 5.73. The summed E-state index contributed by atoms with van der Waals surface area (Å²) >= 11 is 8.19. The Balaban J connectivity index is 2.82. The summed E-state index contributed by atoms with van der Waals surface area (Å²) in [5.74, 6) is 0.717. The Morgan fingerprint density at radius 2 is 1.92 bits per heavy atom. The molecule has 1 atom stereocenters. The minimum absolute atomic E-state index is 0.181. The molecule has 1 aromatic carbocycles. The van der Waals surface area contributed by atoms with Gasteiger partial charge in [0, 0.05) is 9.30 Å².